The Morgan fingerprint density at radius 2 is 2.27 bits per heavy atom. The molecule has 1 saturated heterocycles. The number of hydrogen-bond acceptors (Lipinski definition) is 6. The Hall–Kier alpha value is -1.86. The van der Waals surface area contributed by atoms with Gasteiger partial charge >= 0.3 is 17.8 Å². The molecule has 0 saturated carbocycles. The molecule has 1 aliphatic heterocycles. The number of nitrogens with zero attached hydrogens (tertiary/aromatic N) is 2. The van der Waals surface area contributed by atoms with E-state index in [0.717, 1.165) is 13.8 Å². The van der Waals surface area contributed by atoms with Gasteiger partial charge in [0, 0.05) is 13.8 Å². The van der Waals surface area contributed by atoms with E-state index >= 15 is 0 Å². The molecule has 0 radical (unpaired) electrons. The summed E-state index contributed by atoms with van der Waals surface area (Å²) >= 11 is 0. The molecule has 8 nitrogen and oxygen atoms in total. The Kier molecular flexibility index (Phi) is 2.52. The maximum Gasteiger partial charge on any atom is 0.391 e. The fourth-order valence-corrected chi connectivity index (χ4v) is 1.39. The van der Waals surface area contributed by atoms with Crippen LogP contribution in [0.1, 0.15) is 20.8 Å². The van der Waals surface area contributed by atoms with E-state index in [1.54, 1.807) is 0 Å². The molecule has 0 amide bonds. The predicted molar refractivity (Wildman–Crippen MR) is 44.6 cm³/mol. The van der Waals surface area contributed by atoms with Crippen LogP contribution in [0.3, 0.4) is 0 Å². The Morgan fingerprint density at radius 1 is 1.73 bits per heavy atom. The molecule has 1 aliphatic rings. The molecule has 1 rings (SSSR count). The summed E-state index contributed by atoms with van der Waals surface area (Å²) in [5.41, 5.74) is 0. The van der Waals surface area contributed by atoms with Crippen LogP contribution in [0.4, 0.5) is 0 Å². The highest BCUT2D eigenvalue weighted by atomic mass is 16.8. The monoisotopic (exact) mass is 218 g/mol. The van der Waals surface area contributed by atoms with Crippen LogP contribution in [-0.2, 0) is 19.1 Å². The second-order valence-corrected chi connectivity index (χ2v) is 3.17. The number of ether oxygens (including phenoxy) is 2. The van der Waals surface area contributed by atoms with Gasteiger partial charge in [-0.25, -0.2) is 14.9 Å². The van der Waals surface area contributed by atoms with E-state index < -0.39 is 28.9 Å². The van der Waals surface area contributed by atoms with Gasteiger partial charge < -0.3 is 9.47 Å². The molecule has 0 aliphatic carbocycles. The Bertz CT molecular complexity index is 325. The van der Waals surface area contributed by atoms with E-state index in [0.29, 0.717) is 5.01 Å². The van der Waals surface area contributed by atoms with Gasteiger partial charge in [0.15, 0.2) is 11.1 Å². The van der Waals surface area contributed by atoms with Gasteiger partial charge in [-0.05, 0) is 11.9 Å². The Morgan fingerprint density at radius 3 is 2.67 bits per heavy atom. The first-order chi connectivity index (χ1) is 6.78. The smallest absolute Gasteiger partial charge is 0.391 e. The molecule has 0 spiro atoms. The second-order valence-electron chi connectivity index (χ2n) is 3.17. The lowest BCUT2D eigenvalue weighted by atomic mass is 10.3. The van der Waals surface area contributed by atoms with Gasteiger partial charge in [-0.3, -0.25) is 4.79 Å². The minimum absolute atomic E-state index is 0.455. The molecule has 8 heteroatoms. The molecule has 0 aromatic carbocycles. The molecule has 84 valence electrons. The summed E-state index contributed by atoms with van der Waals surface area (Å²) in [4.78, 5) is 32.5. The summed E-state index contributed by atoms with van der Waals surface area (Å²) in [6.45, 7) is 3.50. The number of cyclic esters (lactones) is 1. The fraction of sp³-hybridized carbons (Fsp3) is 0.714. The van der Waals surface area contributed by atoms with Gasteiger partial charge in [0.25, 0.3) is 0 Å². The van der Waals surface area contributed by atoms with Crippen LogP contribution in [0, 0.1) is 10.1 Å². The largest absolute Gasteiger partial charge is 0.400 e. The lowest BCUT2D eigenvalue weighted by Gasteiger charge is -2.25. The van der Waals surface area contributed by atoms with E-state index in [2.05, 4.69) is 9.47 Å². The van der Waals surface area contributed by atoms with E-state index in [1.807, 2.05) is 0 Å². The molecule has 0 bridgehead atoms. The number of hydrogen-bond donors (Lipinski definition) is 0. The van der Waals surface area contributed by atoms with Crippen LogP contribution in [0.25, 0.3) is 0 Å². The van der Waals surface area contributed by atoms with Crippen LogP contribution in [0.5, 0.6) is 0 Å². The summed E-state index contributed by atoms with van der Waals surface area (Å²) < 4.78 is 9.26. The third-order valence-corrected chi connectivity index (χ3v) is 1.92. The van der Waals surface area contributed by atoms with Crippen LogP contribution in [0.15, 0.2) is 0 Å². The average molecular weight is 218 g/mol. The molecule has 1 fully saturated rings. The third-order valence-electron chi connectivity index (χ3n) is 1.92. The first kappa shape index (κ1) is 11.2. The van der Waals surface area contributed by atoms with Gasteiger partial charge in [0.2, 0.25) is 0 Å². The van der Waals surface area contributed by atoms with Crippen molar-refractivity contribution in [3.05, 3.63) is 10.1 Å². The maximum absolute atomic E-state index is 11.1. The zero-order valence-corrected chi connectivity index (χ0v) is 8.42. The highest BCUT2D eigenvalue weighted by Crippen LogP contribution is 2.29. The molecular formula is C7H10N2O6. The quantitative estimate of drug-likeness (QED) is 0.355. The van der Waals surface area contributed by atoms with Crippen LogP contribution in [-0.4, -0.2) is 33.9 Å². The normalized spacial score (nSPS) is 29.9. The van der Waals surface area contributed by atoms with Crippen molar-refractivity contribution in [2.75, 3.05) is 0 Å². The molecule has 1 heterocycles. The van der Waals surface area contributed by atoms with Crippen molar-refractivity contribution in [1.29, 1.82) is 0 Å². The van der Waals surface area contributed by atoms with Crippen LogP contribution in [0.2, 0.25) is 0 Å². The second kappa shape index (κ2) is 3.37. The molecule has 0 aromatic heterocycles. The zero-order chi connectivity index (χ0) is 11.8. The highest BCUT2D eigenvalue weighted by Gasteiger charge is 2.58. The molecule has 0 unspecified atom stereocenters. The van der Waals surface area contributed by atoms with Crippen LogP contribution >= 0.6 is 0 Å². The Balaban J connectivity index is 3.01. The fourth-order valence-electron chi connectivity index (χ4n) is 1.39. The van der Waals surface area contributed by atoms with Crippen LogP contribution < -0.4 is 0 Å². The molecule has 0 N–H and O–H groups in total. The van der Waals surface area contributed by atoms with Crippen molar-refractivity contribution in [3.63, 3.8) is 0 Å². The van der Waals surface area contributed by atoms with E-state index in [1.165, 1.54) is 6.92 Å². The van der Waals surface area contributed by atoms with Gasteiger partial charge in [-0.15, -0.1) is 0 Å². The Labute approximate surface area is 84.9 Å². The zero-order valence-electron chi connectivity index (χ0n) is 8.42. The lowest BCUT2D eigenvalue weighted by Crippen LogP contribution is -2.51. The van der Waals surface area contributed by atoms with Gasteiger partial charge in [-0.1, -0.05) is 0 Å². The summed E-state index contributed by atoms with van der Waals surface area (Å²) in [5, 5.41) is 10.3. The minimum atomic E-state index is -1.97. The number of carbonyl (C=O) groups is 2. The number of esters is 2. The van der Waals surface area contributed by atoms with Crippen molar-refractivity contribution < 1.29 is 24.1 Å². The third kappa shape index (κ3) is 1.83. The molecule has 2 atom stereocenters. The average Bonchev–Trinajstić information content (AvgIpc) is 2.20. The number of hydrazine groups is 1. The maximum atomic E-state index is 11.1. The summed E-state index contributed by atoms with van der Waals surface area (Å²) in [7, 11) is 0. The van der Waals surface area contributed by atoms with Crippen molar-refractivity contribution >= 4 is 11.9 Å². The number of rotatable bonds is 2. The minimum Gasteiger partial charge on any atom is -0.400 e. The van der Waals surface area contributed by atoms with Crippen molar-refractivity contribution in [3.8, 4) is 0 Å². The summed E-state index contributed by atoms with van der Waals surface area (Å²) in [5.74, 6) is -3.55. The number of carbonyl (C=O) groups excluding carboxylic acids is 2. The standard InChI is InChI=1S/C7H10N2O6/c1-4-6(11)15-7(3,14-5(2)10)8(4)9(12)13/h4H,1-3H3/t4-,7+/m1/s1. The first-order valence-electron chi connectivity index (χ1n) is 4.14. The number of nitro groups is 1. The highest BCUT2D eigenvalue weighted by molar-refractivity contribution is 5.78. The summed E-state index contributed by atoms with van der Waals surface area (Å²) in [6.07, 6.45) is 0. The van der Waals surface area contributed by atoms with Gasteiger partial charge in [0.05, 0.1) is 0 Å². The topological polar surface area (TPSA) is 99.0 Å². The van der Waals surface area contributed by atoms with E-state index in [-0.39, 0.29) is 0 Å². The lowest BCUT2D eigenvalue weighted by molar-refractivity contribution is -0.698. The van der Waals surface area contributed by atoms with Crippen molar-refractivity contribution in [2.24, 2.45) is 0 Å². The summed E-state index contributed by atoms with van der Waals surface area (Å²) in [6, 6.07) is -1.09. The van der Waals surface area contributed by atoms with Crippen molar-refractivity contribution in [1.82, 2.24) is 5.01 Å². The molecular weight excluding hydrogens is 208 g/mol. The van der Waals surface area contributed by atoms with E-state index in [4.69, 9.17) is 0 Å². The van der Waals surface area contributed by atoms with Gasteiger partial charge in [-0.2, -0.15) is 0 Å². The van der Waals surface area contributed by atoms with E-state index in [9.17, 15) is 19.7 Å². The van der Waals surface area contributed by atoms with Gasteiger partial charge in [0.1, 0.15) is 0 Å². The van der Waals surface area contributed by atoms with Crippen molar-refractivity contribution in [2.45, 2.75) is 32.7 Å². The molecule has 15 heavy (non-hydrogen) atoms. The first-order valence-corrected chi connectivity index (χ1v) is 4.14. The molecule has 0 aromatic rings. The predicted octanol–water partition coefficient (Wildman–Crippen LogP) is -0.338. The SMILES string of the molecule is CC(=O)O[C@@]1(C)OC(=O)[C@@H](C)N1[N+](=O)[O-].